The lowest BCUT2D eigenvalue weighted by atomic mass is 9.81. The summed E-state index contributed by atoms with van der Waals surface area (Å²) in [5, 5.41) is 14.7. The van der Waals surface area contributed by atoms with Crippen LogP contribution >= 0.6 is 0 Å². The number of anilines is 1. The van der Waals surface area contributed by atoms with Gasteiger partial charge in [0.05, 0.1) is 18.7 Å². The van der Waals surface area contributed by atoms with Crippen LogP contribution in [0.4, 0.5) is 23.2 Å². The second-order valence-electron chi connectivity index (χ2n) is 9.13. The van der Waals surface area contributed by atoms with Crippen LogP contribution in [0, 0.1) is 17.7 Å². The van der Waals surface area contributed by atoms with Crippen molar-refractivity contribution < 1.29 is 32.2 Å². The van der Waals surface area contributed by atoms with Gasteiger partial charge in [-0.15, -0.1) is 0 Å². The van der Waals surface area contributed by atoms with E-state index in [1.165, 1.54) is 69.7 Å². The lowest BCUT2D eigenvalue weighted by molar-refractivity contribution is -0.137. The van der Waals surface area contributed by atoms with Crippen molar-refractivity contribution in [3.8, 4) is 5.75 Å². The molecule has 1 aliphatic rings. The molecule has 0 aliphatic heterocycles. The molecule has 0 saturated heterocycles. The van der Waals surface area contributed by atoms with Gasteiger partial charge in [-0.3, -0.25) is 4.79 Å². The summed E-state index contributed by atoms with van der Waals surface area (Å²) in [5.41, 5.74) is -0.866. The second-order valence-corrected chi connectivity index (χ2v) is 9.13. The van der Waals surface area contributed by atoms with E-state index >= 15 is 0 Å². The van der Waals surface area contributed by atoms with Crippen molar-refractivity contribution >= 4 is 12.0 Å². The quantitative estimate of drug-likeness (QED) is 0.274. The van der Waals surface area contributed by atoms with E-state index < -0.39 is 23.6 Å². The van der Waals surface area contributed by atoms with Gasteiger partial charge >= 0.3 is 6.18 Å². The summed E-state index contributed by atoms with van der Waals surface area (Å²) in [4.78, 5) is 10.7. The highest BCUT2D eigenvalue weighted by atomic mass is 19.4. The number of hydrogen-bond acceptors (Lipinski definition) is 5. The smallest absolute Gasteiger partial charge is 0.418 e. The van der Waals surface area contributed by atoms with Crippen LogP contribution in [-0.4, -0.2) is 38.7 Å². The maximum atomic E-state index is 13.4. The molecule has 3 rings (SSSR count). The van der Waals surface area contributed by atoms with E-state index in [0.29, 0.717) is 24.2 Å². The number of carbonyl (C=O) groups excluding carboxylic acids is 1. The number of aliphatic hydroxyl groups excluding tert-OH is 1. The van der Waals surface area contributed by atoms with Crippen LogP contribution < -0.4 is 15.4 Å². The molecule has 0 amide bonds. The van der Waals surface area contributed by atoms with Gasteiger partial charge in [-0.05, 0) is 88.0 Å². The number of benzene rings is 2. The Balaban J connectivity index is 0.000000319. The fraction of sp³-hybridized carbons (Fsp3) is 0.519. The maximum absolute atomic E-state index is 13.4. The predicted molar refractivity (Wildman–Crippen MR) is 133 cm³/mol. The largest absolute Gasteiger partial charge is 0.496 e. The summed E-state index contributed by atoms with van der Waals surface area (Å²) in [6, 6.07) is 6.38. The minimum atomic E-state index is -4.63. The highest BCUT2D eigenvalue weighted by Crippen LogP contribution is 2.38. The Bertz CT molecular complexity index is 947. The third kappa shape index (κ3) is 8.78. The molecule has 200 valence electrons. The van der Waals surface area contributed by atoms with Gasteiger partial charge in [-0.1, -0.05) is 12.8 Å². The third-order valence-corrected chi connectivity index (χ3v) is 6.51. The molecule has 3 N–H and O–H groups in total. The molecular weight excluding hydrogens is 476 g/mol. The highest BCUT2D eigenvalue weighted by molar-refractivity contribution is 5.77. The average Bonchev–Trinajstić information content (AvgIpc) is 2.85. The number of aliphatic hydroxyl groups is 1. The van der Waals surface area contributed by atoms with Crippen LogP contribution in [0.15, 0.2) is 36.4 Å². The summed E-state index contributed by atoms with van der Waals surface area (Å²) in [6.07, 6.45) is 2.09. The van der Waals surface area contributed by atoms with Gasteiger partial charge < -0.3 is 20.5 Å². The summed E-state index contributed by atoms with van der Waals surface area (Å²) >= 11 is 0. The first-order valence-corrected chi connectivity index (χ1v) is 12.1. The van der Waals surface area contributed by atoms with E-state index in [1.54, 1.807) is 6.92 Å². The van der Waals surface area contributed by atoms with E-state index in [1.807, 2.05) is 7.05 Å². The number of hydrogen-bond donors (Lipinski definition) is 3. The Hall–Kier alpha value is -2.65. The van der Waals surface area contributed by atoms with E-state index in [2.05, 4.69) is 10.6 Å². The first kappa shape index (κ1) is 29.6. The molecule has 0 spiro atoms. The summed E-state index contributed by atoms with van der Waals surface area (Å²) in [5.74, 6) is 1.54. The third-order valence-electron chi connectivity index (χ3n) is 6.51. The number of carbonyl (C=O) groups is 1. The number of ether oxygens (including phenoxy) is 1. The van der Waals surface area contributed by atoms with Crippen LogP contribution in [0.2, 0.25) is 0 Å². The molecule has 2 aromatic rings. The van der Waals surface area contributed by atoms with Crippen LogP contribution in [0.1, 0.15) is 66.6 Å². The van der Waals surface area contributed by atoms with Crippen molar-refractivity contribution in [3.63, 3.8) is 0 Å². The zero-order valence-electron chi connectivity index (χ0n) is 21.0. The van der Waals surface area contributed by atoms with E-state index in [-0.39, 0.29) is 11.3 Å². The predicted octanol–water partition coefficient (Wildman–Crippen LogP) is 6.23. The molecule has 9 heteroatoms. The van der Waals surface area contributed by atoms with Crippen molar-refractivity contribution in [2.75, 3.05) is 32.6 Å². The monoisotopic (exact) mass is 512 g/mol. The molecule has 1 atom stereocenters. The zero-order chi connectivity index (χ0) is 26.7. The molecule has 0 bridgehead atoms. The van der Waals surface area contributed by atoms with Gasteiger partial charge in [0.25, 0.3) is 0 Å². The Labute approximate surface area is 210 Å². The van der Waals surface area contributed by atoms with Gasteiger partial charge in [0, 0.05) is 23.4 Å². The maximum Gasteiger partial charge on any atom is 0.418 e. The van der Waals surface area contributed by atoms with Gasteiger partial charge in [-0.2, -0.15) is 13.2 Å². The van der Waals surface area contributed by atoms with Crippen LogP contribution in [0.3, 0.4) is 0 Å². The molecular formula is C27H36F4N2O3. The molecule has 0 radical (unpaired) electrons. The number of rotatable bonds is 9. The Morgan fingerprint density at radius 1 is 1.11 bits per heavy atom. The number of aldehydes is 1. The highest BCUT2D eigenvalue weighted by Gasteiger charge is 2.34. The van der Waals surface area contributed by atoms with Crippen molar-refractivity contribution in [1.82, 2.24) is 5.32 Å². The molecule has 36 heavy (non-hydrogen) atoms. The minimum absolute atomic E-state index is 0.0798. The lowest BCUT2D eigenvalue weighted by Gasteiger charge is -2.27. The fourth-order valence-electron chi connectivity index (χ4n) is 4.55. The second kappa shape index (κ2) is 14.2. The molecule has 1 aliphatic carbocycles. The number of halogens is 4. The average molecular weight is 513 g/mol. The number of nitrogens with one attached hydrogen (secondary N) is 2. The van der Waals surface area contributed by atoms with E-state index in [4.69, 9.17) is 9.84 Å². The molecule has 1 unspecified atom stereocenters. The molecule has 1 saturated carbocycles. The Kier molecular flexibility index (Phi) is 11.7. The van der Waals surface area contributed by atoms with Gasteiger partial charge in [-0.25, -0.2) is 4.39 Å². The molecule has 2 aromatic carbocycles. The summed E-state index contributed by atoms with van der Waals surface area (Å²) < 4.78 is 58.1. The summed E-state index contributed by atoms with van der Waals surface area (Å²) in [7, 11) is 3.42. The Morgan fingerprint density at radius 3 is 2.33 bits per heavy atom. The zero-order valence-corrected chi connectivity index (χ0v) is 21.0. The number of alkyl halides is 3. The van der Waals surface area contributed by atoms with Crippen molar-refractivity contribution in [2.45, 2.75) is 51.2 Å². The van der Waals surface area contributed by atoms with Crippen molar-refractivity contribution in [3.05, 3.63) is 58.9 Å². The molecule has 0 aromatic heterocycles. The van der Waals surface area contributed by atoms with Crippen LogP contribution in [0.25, 0.3) is 0 Å². The SMILES string of the molecule is CNCC1CCC(CCO)CC1.COc1ccc(F)cc1C(C)Nc1ccc(C=O)cc1C(F)(F)F. The normalized spacial score (nSPS) is 18.6. The van der Waals surface area contributed by atoms with Crippen molar-refractivity contribution in [2.24, 2.45) is 11.8 Å². The Morgan fingerprint density at radius 2 is 1.78 bits per heavy atom. The topological polar surface area (TPSA) is 70.6 Å². The standard InChI is InChI=1S/C17H15F4NO2.C10H21NO/c1-10(13-8-12(18)4-6-16(13)24-2)22-15-5-3-11(9-23)7-14(15)17(19,20)21;1-11-8-10-4-2-9(3-5-10)6-7-12/h3-10,22H,1-2H3;9-12H,2-8H2,1H3. The first-order chi connectivity index (χ1) is 17.1. The van der Waals surface area contributed by atoms with E-state index in [9.17, 15) is 22.4 Å². The van der Waals surface area contributed by atoms with Crippen molar-refractivity contribution in [1.29, 1.82) is 0 Å². The molecule has 1 fully saturated rings. The van der Waals surface area contributed by atoms with Crippen LogP contribution in [-0.2, 0) is 6.18 Å². The van der Waals surface area contributed by atoms with Gasteiger partial charge in [0.15, 0.2) is 0 Å². The van der Waals surface area contributed by atoms with Gasteiger partial charge in [0.1, 0.15) is 17.9 Å². The van der Waals surface area contributed by atoms with E-state index in [0.717, 1.165) is 24.3 Å². The first-order valence-electron chi connectivity index (χ1n) is 12.1. The molecule has 0 heterocycles. The number of methoxy groups -OCH3 is 1. The molecule has 5 nitrogen and oxygen atoms in total. The summed E-state index contributed by atoms with van der Waals surface area (Å²) in [6.45, 7) is 3.14. The van der Waals surface area contributed by atoms with Crippen LogP contribution in [0.5, 0.6) is 5.75 Å². The van der Waals surface area contributed by atoms with Gasteiger partial charge in [0.2, 0.25) is 0 Å². The minimum Gasteiger partial charge on any atom is -0.496 e. The lowest BCUT2D eigenvalue weighted by Crippen LogP contribution is -2.24. The fourth-order valence-corrected chi connectivity index (χ4v) is 4.55.